The molecule has 330 valence electrons. The zero-order valence-electron chi connectivity index (χ0n) is 28.8. The van der Waals surface area contributed by atoms with Crippen molar-refractivity contribution >= 4 is 39.3 Å². The van der Waals surface area contributed by atoms with E-state index in [1.807, 2.05) is 30.3 Å². The smallest absolute Gasteiger partial charge is 0.342 e. The van der Waals surface area contributed by atoms with Gasteiger partial charge in [0, 0.05) is 5.56 Å². The molecule has 2 nitrogen and oxygen atoms in total. The van der Waals surface area contributed by atoms with Crippen LogP contribution in [-0.4, -0.2) is 12.5 Å². The summed E-state index contributed by atoms with van der Waals surface area (Å²) < 4.78 is 336. The highest BCUT2D eigenvalue weighted by Crippen LogP contribution is 2.31. The fourth-order valence-electron chi connectivity index (χ4n) is 6.24. The Labute approximate surface area is 331 Å². The van der Waals surface area contributed by atoms with E-state index in [1.165, 1.54) is 4.57 Å². The van der Waals surface area contributed by atoms with Gasteiger partial charge in [-0.1, -0.05) is 30.3 Å². The van der Waals surface area contributed by atoms with Gasteiger partial charge in [-0.05, 0) is 11.3 Å². The average Bonchev–Trinajstić information content (AvgIpc) is 3.65. The van der Waals surface area contributed by atoms with Crippen molar-refractivity contribution in [2.45, 2.75) is 12.9 Å². The van der Waals surface area contributed by atoms with E-state index in [2.05, 4.69) is 4.74 Å². The lowest BCUT2D eigenvalue weighted by Gasteiger charge is -2.44. The molecule has 0 saturated heterocycles. The summed E-state index contributed by atoms with van der Waals surface area (Å²) in [5.74, 6) is -71.4. The summed E-state index contributed by atoms with van der Waals surface area (Å²) in [5.41, 5.74) is -13.4. The summed E-state index contributed by atoms with van der Waals surface area (Å²) in [6.07, 6.45) is -10.3. The van der Waals surface area contributed by atoms with Crippen molar-refractivity contribution in [1.29, 1.82) is 0 Å². The zero-order valence-corrected chi connectivity index (χ0v) is 29.6. The number of halogens is 23. The summed E-state index contributed by atoms with van der Waals surface area (Å²) in [5, 5.41) is 1.39. The highest BCUT2D eigenvalue weighted by atomic mass is 32.1. The quantitative estimate of drug-likeness (QED) is 0.0514. The van der Waals surface area contributed by atoms with Gasteiger partial charge >= 0.3 is 11.6 Å². The van der Waals surface area contributed by atoms with Gasteiger partial charge in [0.1, 0.15) is 52.7 Å². The molecule has 0 aliphatic carbocycles. The van der Waals surface area contributed by atoms with Crippen molar-refractivity contribution in [3.05, 3.63) is 164 Å². The fourth-order valence-corrected chi connectivity index (χ4v) is 6.97. The van der Waals surface area contributed by atoms with Gasteiger partial charge in [0.15, 0.2) is 82.5 Å². The van der Waals surface area contributed by atoms with Crippen LogP contribution < -0.4 is 31.2 Å². The van der Waals surface area contributed by atoms with E-state index in [-0.39, 0.29) is 5.19 Å². The second-order valence-electron chi connectivity index (χ2n) is 12.1. The maximum Gasteiger partial charge on any atom is 0.577 e. The number of thiazole rings is 1. The van der Waals surface area contributed by atoms with Gasteiger partial charge in [-0.2, -0.15) is 4.57 Å². The van der Waals surface area contributed by atoms with Crippen molar-refractivity contribution in [2.75, 3.05) is 0 Å². The number of hydrogen-bond donors (Lipinski definition) is 0. The molecule has 6 aromatic rings. The van der Waals surface area contributed by atoms with E-state index in [0.29, 0.717) is 6.54 Å². The summed E-state index contributed by atoms with van der Waals surface area (Å²) in [6, 6.07) is 9.23. The van der Waals surface area contributed by atoms with Crippen LogP contribution in [0.3, 0.4) is 0 Å². The first-order chi connectivity index (χ1) is 28.7. The topological polar surface area (TPSA) is 13.1 Å². The van der Waals surface area contributed by atoms with Gasteiger partial charge in [0.05, 0.1) is 5.38 Å². The molecule has 0 fully saturated rings. The molecule has 5 aromatic carbocycles. The Bertz CT molecular complexity index is 2360. The molecular weight excluding hydrogens is 930 g/mol. The Morgan fingerprint density at radius 3 is 0.919 bits per heavy atom. The molecule has 0 aliphatic heterocycles. The molecule has 27 heteroatoms. The normalized spacial score (nSPS) is 11.9. The molecule has 0 unspecified atom stereocenters. The third kappa shape index (κ3) is 7.62. The van der Waals surface area contributed by atoms with Gasteiger partial charge in [-0.3, -0.25) is 0 Å². The second kappa shape index (κ2) is 17.0. The van der Waals surface area contributed by atoms with Crippen molar-refractivity contribution in [1.82, 2.24) is 0 Å². The fraction of sp³-hybridized carbons (Fsp3) is 0.0571. The first-order valence-electron chi connectivity index (χ1n) is 15.7. The van der Waals surface area contributed by atoms with E-state index in [0.717, 1.165) is 16.9 Å². The minimum absolute atomic E-state index is 0.165. The van der Waals surface area contributed by atoms with Crippen LogP contribution in [0.2, 0.25) is 0 Å². The largest absolute Gasteiger partial charge is 0.577 e. The molecule has 62 heavy (non-hydrogen) atoms. The average molecular weight is 939 g/mol. The SMILES string of the molecule is FC(F)(F)Oc1scc[n+]1Cc1ccccc1.Fc1c(F)c(F)c([B-](c2c(F)c(F)c(F)c(F)c2F)(c2c(F)c(F)c(F)c(F)c2F)c2c(F)c(F)c(F)c(F)c2F)c(F)c1F. The Balaban J connectivity index is 0.000000355. The molecule has 0 bridgehead atoms. The first kappa shape index (κ1) is 47.0. The third-order valence-electron chi connectivity index (χ3n) is 8.75. The molecule has 0 radical (unpaired) electrons. The summed E-state index contributed by atoms with van der Waals surface area (Å²) in [4.78, 5) is 0. The van der Waals surface area contributed by atoms with Crippen LogP contribution in [0.15, 0.2) is 41.9 Å². The van der Waals surface area contributed by atoms with E-state index >= 15 is 35.1 Å². The molecule has 1 aromatic heterocycles. The minimum Gasteiger partial charge on any atom is -0.342 e. The summed E-state index contributed by atoms with van der Waals surface area (Å²) in [7, 11) is 0. The van der Waals surface area contributed by atoms with Crippen LogP contribution in [-0.2, 0) is 6.54 Å². The van der Waals surface area contributed by atoms with Crippen LogP contribution in [0.1, 0.15) is 5.56 Å². The van der Waals surface area contributed by atoms with E-state index in [4.69, 9.17) is 0 Å². The standard InChI is InChI=1S/C24BF20.C11H9F3NOS/c26-5-1(6(27)14(35)21(42)13(5)34)25(2-7(28)15(36)22(43)16(37)8(2)29,3-9(30)17(38)23(44)18(39)10(3)31)4-11(32)19(40)24(45)20(41)12(4)33;12-11(13,14)16-10-15(6-7-17-10)8-9-4-2-1-3-5-9/h;1-7H,8H2/q-1;+1. The highest BCUT2D eigenvalue weighted by Gasteiger charge is 2.52. The lowest BCUT2D eigenvalue weighted by Crippen LogP contribution is -2.81. The molecule has 0 N–H and O–H groups in total. The van der Waals surface area contributed by atoms with Crippen LogP contribution >= 0.6 is 11.3 Å². The van der Waals surface area contributed by atoms with Gasteiger partial charge in [-0.25, -0.2) is 87.8 Å². The van der Waals surface area contributed by atoms with Crippen molar-refractivity contribution in [3.8, 4) is 5.19 Å². The zero-order chi connectivity index (χ0) is 46.7. The first-order valence-corrected chi connectivity index (χ1v) is 16.6. The predicted octanol–water partition coefficient (Wildman–Crippen LogP) is 8.83. The molecule has 0 saturated carbocycles. The summed E-state index contributed by atoms with van der Waals surface area (Å²) in [6.45, 7) is 0.357. The Kier molecular flexibility index (Phi) is 12.9. The number of ether oxygens (including phenoxy) is 1. The van der Waals surface area contributed by atoms with E-state index in [1.54, 1.807) is 11.6 Å². The summed E-state index contributed by atoms with van der Waals surface area (Å²) >= 11 is 0.916. The van der Waals surface area contributed by atoms with Gasteiger partial charge in [0.25, 0.3) is 0 Å². The molecular formula is C35H9BF23NOS. The third-order valence-corrected chi connectivity index (χ3v) is 9.53. The maximum absolute atomic E-state index is 15.4. The van der Waals surface area contributed by atoms with Crippen molar-refractivity contribution in [2.24, 2.45) is 0 Å². The van der Waals surface area contributed by atoms with E-state index < -0.39 is 151 Å². The number of rotatable bonds is 7. The van der Waals surface area contributed by atoms with Gasteiger partial charge in [-0.15, -0.1) is 35.0 Å². The van der Waals surface area contributed by atoms with Crippen LogP contribution in [0, 0.1) is 116 Å². The molecule has 0 atom stereocenters. The van der Waals surface area contributed by atoms with E-state index in [9.17, 15) is 65.9 Å². The predicted molar refractivity (Wildman–Crippen MR) is 166 cm³/mol. The van der Waals surface area contributed by atoms with Gasteiger partial charge in [0.2, 0.25) is 0 Å². The van der Waals surface area contributed by atoms with Crippen LogP contribution in [0.25, 0.3) is 0 Å². The Morgan fingerprint density at radius 1 is 0.403 bits per heavy atom. The second-order valence-corrected chi connectivity index (χ2v) is 13.0. The number of hydrogen-bond acceptors (Lipinski definition) is 2. The molecule has 0 spiro atoms. The monoisotopic (exact) mass is 939 g/mol. The van der Waals surface area contributed by atoms with Gasteiger partial charge < -0.3 is 4.74 Å². The number of alkyl halides is 3. The number of aromatic nitrogens is 1. The highest BCUT2D eigenvalue weighted by molar-refractivity contribution is 7.20. The Hall–Kier alpha value is -6.02. The molecule has 6 rings (SSSR count). The van der Waals surface area contributed by atoms with Crippen LogP contribution in [0.5, 0.6) is 5.19 Å². The number of nitrogens with zero attached hydrogens (tertiary/aromatic N) is 1. The van der Waals surface area contributed by atoms with Crippen molar-refractivity contribution in [3.63, 3.8) is 0 Å². The maximum atomic E-state index is 15.4. The lowest BCUT2D eigenvalue weighted by molar-refractivity contribution is -0.693. The molecule has 1 heterocycles. The molecule has 0 aliphatic rings. The molecule has 0 amide bonds. The number of benzene rings is 5. The van der Waals surface area contributed by atoms with Crippen molar-refractivity contribution < 1.29 is 110 Å². The minimum atomic E-state index is -7.22. The lowest BCUT2D eigenvalue weighted by atomic mass is 9.12. The van der Waals surface area contributed by atoms with Crippen LogP contribution in [0.4, 0.5) is 101 Å². The Morgan fingerprint density at radius 2 is 0.661 bits per heavy atom.